The van der Waals surface area contributed by atoms with Gasteiger partial charge in [0, 0.05) is 23.5 Å². The Hall–Kier alpha value is -1.68. The van der Waals surface area contributed by atoms with E-state index in [2.05, 4.69) is 48.0 Å². The highest BCUT2D eigenvalue weighted by molar-refractivity contribution is 7.13. The van der Waals surface area contributed by atoms with Gasteiger partial charge >= 0.3 is 0 Å². The molecule has 1 aromatic heterocycles. The number of hydrogen-bond donors (Lipinski definition) is 0. The van der Waals surface area contributed by atoms with Crippen LogP contribution in [0.2, 0.25) is 0 Å². The lowest BCUT2D eigenvalue weighted by molar-refractivity contribution is -0.132. The van der Waals surface area contributed by atoms with E-state index in [0.717, 1.165) is 35.7 Å². The third kappa shape index (κ3) is 3.81. The fraction of sp³-hybridized carbons (Fsp3) is 0.474. The summed E-state index contributed by atoms with van der Waals surface area (Å²) in [5, 5.41) is 3.03. The monoisotopic (exact) mass is 328 g/mol. The Bertz CT molecular complexity index is 674. The predicted octanol–water partition coefficient (Wildman–Crippen LogP) is 4.45. The molecule has 0 radical (unpaired) electrons. The first-order valence-corrected chi connectivity index (χ1v) is 9.36. The molecule has 0 spiro atoms. The Labute approximate surface area is 142 Å². The molecule has 4 heteroatoms. The van der Waals surface area contributed by atoms with Gasteiger partial charge in [-0.2, -0.15) is 0 Å². The minimum Gasteiger partial charge on any atom is -0.340 e. The lowest BCUT2D eigenvalue weighted by atomic mass is 10.1. The number of likely N-dealkylation sites (N-methyl/N-ethyl adjacent to an activating group) is 1. The molecule has 1 aliphatic rings. The molecule has 3 nitrogen and oxygen atoms in total. The molecule has 2 aromatic rings. The van der Waals surface area contributed by atoms with E-state index in [1.165, 1.54) is 18.4 Å². The van der Waals surface area contributed by atoms with Crippen LogP contribution < -0.4 is 0 Å². The Morgan fingerprint density at radius 1 is 1.35 bits per heavy atom. The number of carbonyl (C=O) groups excluding carboxylic acids is 1. The lowest BCUT2D eigenvalue weighted by Crippen LogP contribution is -2.39. The molecule has 0 atom stereocenters. The molecule has 3 rings (SSSR count). The zero-order chi connectivity index (χ0) is 16.2. The van der Waals surface area contributed by atoms with Crippen molar-refractivity contribution < 1.29 is 4.79 Å². The van der Waals surface area contributed by atoms with E-state index < -0.39 is 0 Å². The van der Waals surface area contributed by atoms with E-state index in [0.29, 0.717) is 12.5 Å². The molecule has 1 aliphatic carbocycles. The quantitative estimate of drug-likeness (QED) is 0.812. The van der Waals surface area contributed by atoms with E-state index in [4.69, 9.17) is 0 Å². The van der Waals surface area contributed by atoms with Crippen molar-refractivity contribution in [3.05, 3.63) is 40.9 Å². The highest BCUT2D eigenvalue weighted by atomic mass is 32.1. The van der Waals surface area contributed by atoms with Crippen molar-refractivity contribution in [1.82, 2.24) is 9.88 Å². The molecular formula is C19H24N2OS. The molecule has 0 saturated heterocycles. The van der Waals surface area contributed by atoms with Crippen molar-refractivity contribution in [3.63, 3.8) is 0 Å². The third-order valence-electron chi connectivity index (χ3n) is 4.58. The van der Waals surface area contributed by atoms with Crippen LogP contribution in [0.25, 0.3) is 10.6 Å². The SMILES string of the molecule is CCN(C(=O)Cc1csc(-c2cccc(C)c2)n1)C1CCCC1. The van der Waals surface area contributed by atoms with Crippen LogP contribution in [0, 0.1) is 6.92 Å². The second-order valence-electron chi connectivity index (χ2n) is 6.31. The van der Waals surface area contributed by atoms with Crippen molar-refractivity contribution in [2.75, 3.05) is 6.54 Å². The number of hydrogen-bond acceptors (Lipinski definition) is 3. The standard InChI is InChI=1S/C19H24N2OS/c1-3-21(17-9-4-5-10-17)18(22)12-16-13-23-19(20-16)15-8-6-7-14(2)11-15/h6-8,11,13,17H,3-5,9-10,12H2,1-2H3. The van der Waals surface area contributed by atoms with Crippen LogP contribution >= 0.6 is 11.3 Å². The molecule has 0 bridgehead atoms. The van der Waals surface area contributed by atoms with Crippen molar-refractivity contribution >= 4 is 17.2 Å². The van der Waals surface area contributed by atoms with E-state index in [9.17, 15) is 4.79 Å². The number of aromatic nitrogens is 1. The number of amides is 1. The second-order valence-corrected chi connectivity index (χ2v) is 7.17. The van der Waals surface area contributed by atoms with Gasteiger partial charge in [0.2, 0.25) is 5.91 Å². The minimum absolute atomic E-state index is 0.223. The molecule has 23 heavy (non-hydrogen) atoms. The summed E-state index contributed by atoms with van der Waals surface area (Å²) in [6.45, 7) is 4.97. The number of rotatable bonds is 5. The van der Waals surface area contributed by atoms with E-state index in [1.54, 1.807) is 11.3 Å². The van der Waals surface area contributed by atoms with Gasteiger partial charge in [0.05, 0.1) is 12.1 Å². The maximum Gasteiger partial charge on any atom is 0.228 e. The maximum atomic E-state index is 12.6. The van der Waals surface area contributed by atoms with Gasteiger partial charge in [0.15, 0.2) is 0 Å². The van der Waals surface area contributed by atoms with Crippen LogP contribution in [0.4, 0.5) is 0 Å². The van der Waals surface area contributed by atoms with Crippen LogP contribution in [0.3, 0.4) is 0 Å². The normalized spacial score (nSPS) is 15.0. The summed E-state index contributed by atoms with van der Waals surface area (Å²) >= 11 is 1.62. The summed E-state index contributed by atoms with van der Waals surface area (Å²) in [5.41, 5.74) is 3.26. The van der Waals surface area contributed by atoms with Crippen LogP contribution in [0.5, 0.6) is 0 Å². The first kappa shape index (κ1) is 16.2. The summed E-state index contributed by atoms with van der Waals surface area (Å²) in [4.78, 5) is 19.4. The molecule has 1 amide bonds. The summed E-state index contributed by atoms with van der Waals surface area (Å²) in [6.07, 6.45) is 5.24. The molecule has 1 fully saturated rings. The zero-order valence-corrected chi connectivity index (χ0v) is 14.7. The average molecular weight is 328 g/mol. The van der Waals surface area contributed by atoms with Crippen molar-refractivity contribution in [3.8, 4) is 10.6 Å². The predicted molar refractivity (Wildman–Crippen MR) is 95.6 cm³/mol. The van der Waals surface area contributed by atoms with Crippen LogP contribution in [0.1, 0.15) is 43.9 Å². The molecule has 1 heterocycles. The smallest absolute Gasteiger partial charge is 0.228 e. The topological polar surface area (TPSA) is 33.2 Å². The molecule has 0 aliphatic heterocycles. The Morgan fingerprint density at radius 3 is 2.83 bits per heavy atom. The molecule has 0 N–H and O–H groups in total. The Kier molecular flexibility index (Phi) is 5.11. The fourth-order valence-corrected chi connectivity index (χ4v) is 4.23. The van der Waals surface area contributed by atoms with Gasteiger partial charge in [-0.25, -0.2) is 4.98 Å². The summed E-state index contributed by atoms with van der Waals surface area (Å²) in [6, 6.07) is 8.80. The van der Waals surface area contributed by atoms with Gasteiger partial charge in [0.1, 0.15) is 5.01 Å². The van der Waals surface area contributed by atoms with Gasteiger partial charge in [0.25, 0.3) is 0 Å². The van der Waals surface area contributed by atoms with Crippen LogP contribution in [-0.2, 0) is 11.2 Å². The largest absolute Gasteiger partial charge is 0.340 e. The molecular weight excluding hydrogens is 304 g/mol. The third-order valence-corrected chi connectivity index (χ3v) is 5.52. The van der Waals surface area contributed by atoms with Crippen molar-refractivity contribution in [2.24, 2.45) is 0 Å². The van der Waals surface area contributed by atoms with Gasteiger partial charge in [-0.1, -0.05) is 36.6 Å². The van der Waals surface area contributed by atoms with E-state index in [-0.39, 0.29) is 5.91 Å². The van der Waals surface area contributed by atoms with E-state index in [1.807, 2.05) is 5.38 Å². The van der Waals surface area contributed by atoms with Gasteiger partial charge in [-0.05, 0) is 32.8 Å². The number of carbonyl (C=O) groups is 1. The summed E-state index contributed by atoms with van der Waals surface area (Å²) < 4.78 is 0. The summed E-state index contributed by atoms with van der Waals surface area (Å²) in [5.74, 6) is 0.223. The Balaban J connectivity index is 1.69. The van der Waals surface area contributed by atoms with Crippen LogP contribution in [0.15, 0.2) is 29.6 Å². The van der Waals surface area contributed by atoms with Gasteiger partial charge < -0.3 is 4.90 Å². The number of benzene rings is 1. The lowest BCUT2D eigenvalue weighted by Gasteiger charge is -2.27. The maximum absolute atomic E-state index is 12.6. The molecule has 1 aromatic carbocycles. The van der Waals surface area contributed by atoms with Gasteiger partial charge in [-0.15, -0.1) is 11.3 Å². The zero-order valence-electron chi connectivity index (χ0n) is 13.9. The minimum atomic E-state index is 0.223. The molecule has 122 valence electrons. The Morgan fingerprint density at radius 2 is 2.13 bits per heavy atom. The average Bonchev–Trinajstić information content (AvgIpc) is 3.20. The highest BCUT2D eigenvalue weighted by Crippen LogP contribution is 2.26. The second kappa shape index (κ2) is 7.26. The van der Waals surface area contributed by atoms with Crippen molar-refractivity contribution in [1.29, 1.82) is 0 Å². The molecule has 0 unspecified atom stereocenters. The number of nitrogens with zero attached hydrogens (tertiary/aromatic N) is 2. The van der Waals surface area contributed by atoms with E-state index >= 15 is 0 Å². The number of aryl methyl sites for hydroxylation is 1. The molecule has 1 saturated carbocycles. The summed E-state index contributed by atoms with van der Waals surface area (Å²) in [7, 11) is 0. The van der Waals surface area contributed by atoms with Crippen molar-refractivity contribution in [2.45, 2.75) is 52.0 Å². The number of thiazole rings is 1. The fourth-order valence-electron chi connectivity index (χ4n) is 3.41. The van der Waals surface area contributed by atoms with Gasteiger partial charge in [-0.3, -0.25) is 4.79 Å². The first-order valence-electron chi connectivity index (χ1n) is 8.48. The highest BCUT2D eigenvalue weighted by Gasteiger charge is 2.25. The first-order chi connectivity index (χ1) is 11.2. The van der Waals surface area contributed by atoms with Crippen LogP contribution in [-0.4, -0.2) is 28.4 Å².